The summed E-state index contributed by atoms with van der Waals surface area (Å²) in [5, 5.41) is 35.0. The summed E-state index contributed by atoms with van der Waals surface area (Å²) in [4.78, 5) is 12.4. The van der Waals surface area contributed by atoms with Crippen molar-refractivity contribution in [2.45, 2.75) is 24.5 Å². The predicted molar refractivity (Wildman–Crippen MR) is 110 cm³/mol. The Morgan fingerprint density at radius 3 is 2.77 bits per heavy atom. The molecule has 1 fully saturated rings. The average molecular weight is 454 g/mol. The van der Waals surface area contributed by atoms with E-state index in [2.05, 4.69) is 25.5 Å². The highest BCUT2D eigenvalue weighted by Gasteiger charge is 2.45. The number of fused-ring (bicyclic) bond motifs is 1. The van der Waals surface area contributed by atoms with Crippen molar-refractivity contribution in [3.05, 3.63) is 40.1 Å². The second-order valence-corrected chi connectivity index (χ2v) is 7.34. The fourth-order valence-electron chi connectivity index (χ4n) is 3.11. The van der Waals surface area contributed by atoms with Gasteiger partial charge < -0.3 is 25.8 Å². The molecule has 0 unspecified atom stereocenters. The minimum absolute atomic E-state index is 0.110. The summed E-state index contributed by atoms with van der Waals surface area (Å²) in [6.45, 7) is -0.478. The van der Waals surface area contributed by atoms with Crippen molar-refractivity contribution in [1.82, 2.24) is 19.5 Å². The molecule has 30 heavy (non-hydrogen) atoms. The minimum atomic E-state index is -1.36. The number of hydrogen-bond acceptors (Lipinski definition) is 10. The number of ether oxygens (including phenoxy) is 1. The highest BCUT2D eigenvalue weighted by Crippen LogP contribution is 2.35. The molecule has 1 saturated heterocycles. The molecule has 1 aliphatic heterocycles. The zero-order valence-corrected chi connectivity index (χ0v) is 16.7. The first-order valence-electron chi connectivity index (χ1n) is 8.75. The van der Waals surface area contributed by atoms with Crippen molar-refractivity contribution in [3.8, 4) is 0 Å². The Balaban J connectivity index is 1.72. The van der Waals surface area contributed by atoms with Gasteiger partial charge in [-0.2, -0.15) is 5.10 Å². The van der Waals surface area contributed by atoms with Gasteiger partial charge in [0.05, 0.1) is 17.8 Å². The van der Waals surface area contributed by atoms with E-state index in [0.29, 0.717) is 15.6 Å². The van der Waals surface area contributed by atoms with Gasteiger partial charge in [0.1, 0.15) is 24.6 Å². The molecule has 1 aromatic carbocycles. The maximum Gasteiger partial charge on any atom is 0.228 e. The van der Waals surface area contributed by atoms with Crippen molar-refractivity contribution in [2.24, 2.45) is 5.10 Å². The van der Waals surface area contributed by atoms with E-state index in [1.807, 2.05) is 0 Å². The van der Waals surface area contributed by atoms with Gasteiger partial charge in [-0.15, -0.1) is 0 Å². The third-order valence-corrected chi connectivity index (χ3v) is 5.17. The number of aromatic nitrogens is 4. The molecule has 3 heterocycles. The maximum atomic E-state index is 10.4. The maximum absolute atomic E-state index is 10.4. The van der Waals surface area contributed by atoms with Crippen LogP contribution in [-0.2, 0) is 4.74 Å². The average Bonchev–Trinajstić information content (AvgIpc) is 3.22. The third kappa shape index (κ3) is 3.67. The van der Waals surface area contributed by atoms with Gasteiger partial charge in [-0.1, -0.05) is 29.3 Å². The van der Waals surface area contributed by atoms with Crippen LogP contribution >= 0.6 is 23.2 Å². The van der Waals surface area contributed by atoms with Crippen molar-refractivity contribution in [2.75, 3.05) is 17.8 Å². The standard InChI is InChI=1S/C17H17Cl2N7O4/c18-8-2-1-7(9(19)3-8)4-23-25-17-24-11-14(20)21-6-22-15(11)26(17)16-13(29)12(28)10(5-27)30-16/h1-4,6,10,12-13,16,27-29H,5H2,(H,24,25)(H2,20,21,22)/b23-4+/t10-,12-,13-,16-/m1/s1. The minimum Gasteiger partial charge on any atom is -0.394 e. The molecular weight excluding hydrogens is 437 g/mol. The number of anilines is 2. The molecule has 6 N–H and O–H groups in total. The summed E-state index contributed by atoms with van der Waals surface area (Å²) >= 11 is 12.0. The number of aliphatic hydroxyl groups excluding tert-OH is 3. The van der Waals surface area contributed by atoms with Gasteiger partial charge in [-0.25, -0.2) is 20.4 Å². The van der Waals surface area contributed by atoms with E-state index in [4.69, 9.17) is 33.7 Å². The van der Waals surface area contributed by atoms with Crippen molar-refractivity contribution in [1.29, 1.82) is 0 Å². The second-order valence-electron chi connectivity index (χ2n) is 6.50. The first kappa shape index (κ1) is 20.7. The number of rotatable bonds is 5. The normalized spacial score (nSPS) is 24.2. The van der Waals surface area contributed by atoms with E-state index in [1.165, 1.54) is 17.1 Å². The number of halogens is 2. The van der Waals surface area contributed by atoms with Crippen LogP contribution in [0.1, 0.15) is 11.8 Å². The topological polar surface area (TPSA) is 164 Å². The largest absolute Gasteiger partial charge is 0.394 e. The molecule has 0 spiro atoms. The molecule has 1 aliphatic rings. The first-order valence-corrected chi connectivity index (χ1v) is 9.51. The van der Waals surface area contributed by atoms with E-state index >= 15 is 0 Å². The summed E-state index contributed by atoms with van der Waals surface area (Å²) in [6.07, 6.45) is -2.06. The number of nitrogens with zero attached hydrogens (tertiary/aromatic N) is 5. The molecule has 11 nitrogen and oxygen atoms in total. The van der Waals surface area contributed by atoms with Gasteiger partial charge in [-0.05, 0) is 12.1 Å². The van der Waals surface area contributed by atoms with Gasteiger partial charge >= 0.3 is 0 Å². The van der Waals surface area contributed by atoms with Crippen molar-refractivity contribution < 1.29 is 20.1 Å². The zero-order chi connectivity index (χ0) is 21.4. The van der Waals surface area contributed by atoms with Crippen LogP contribution in [0.2, 0.25) is 10.0 Å². The van der Waals surface area contributed by atoms with Gasteiger partial charge in [0.15, 0.2) is 23.2 Å². The molecule has 158 valence electrons. The highest BCUT2D eigenvalue weighted by atomic mass is 35.5. The van der Waals surface area contributed by atoms with Crippen LogP contribution in [0.4, 0.5) is 11.8 Å². The van der Waals surface area contributed by atoms with E-state index in [1.54, 1.807) is 18.2 Å². The van der Waals surface area contributed by atoms with Gasteiger partial charge in [0, 0.05) is 10.6 Å². The van der Waals surface area contributed by atoms with Crippen LogP contribution in [0.3, 0.4) is 0 Å². The summed E-state index contributed by atoms with van der Waals surface area (Å²) in [7, 11) is 0. The number of nitrogens with one attached hydrogen (secondary N) is 1. The summed E-state index contributed by atoms with van der Waals surface area (Å²) in [6, 6.07) is 4.93. The molecule has 2 aromatic heterocycles. The number of nitrogen functional groups attached to an aromatic ring is 1. The molecule has 13 heteroatoms. The van der Waals surface area contributed by atoms with Crippen molar-refractivity contribution in [3.63, 3.8) is 0 Å². The molecule has 0 bridgehead atoms. The Morgan fingerprint density at radius 1 is 1.27 bits per heavy atom. The number of hydrogen-bond donors (Lipinski definition) is 5. The Bertz CT molecular complexity index is 1110. The number of aliphatic hydroxyl groups is 3. The van der Waals surface area contributed by atoms with E-state index in [0.717, 1.165) is 0 Å². The van der Waals surface area contributed by atoms with Crippen LogP contribution in [0, 0.1) is 0 Å². The molecule has 4 rings (SSSR count). The summed E-state index contributed by atoms with van der Waals surface area (Å²) < 4.78 is 7.00. The van der Waals surface area contributed by atoms with Crippen LogP contribution in [-0.4, -0.2) is 66.0 Å². The van der Waals surface area contributed by atoms with Crippen LogP contribution in [0.25, 0.3) is 11.2 Å². The lowest BCUT2D eigenvalue weighted by Gasteiger charge is -2.18. The molecule has 0 saturated carbocycles. The molecular formula is C17H17Cl2N7O4. The molecule has 3 aromatic rings. The lowest BCUT2D eigenvalue weighted by molar-refractivity contribution is -0.0501. The Labute approximate surface area is 179 Å². The van der Waals surface area contributed by atoms with Gasteiger partial charge in [-0.3, -0.25) is 4.57 Å². The summed E-state index contributed by atoms with van der Waals surface area (Å²) in [5.74, 6) is 0.228. The third-order valence-electron chi connectivity index (χ3n) is 4.61. The van der Waals surface area contributed by atoms with Crippen molar-refractivity contribution >= 4 is 52.3 Å². The number of nitrogens with two attached hydrogens (primary N) is 1. The van der Waals surface area contributed by atoms with Crippen LogP contribution < -0.4 is 11.2 Å². The van der Waals surface area contributed by atoms with Crippen LogP contribution in [0.15, 0.2) is 29.6 Å². The highest BCUT2D eigenvalue weighted by molar-refractivity contribution is 6.36. The SMILES string of the molecule is Nc1ncnc2c1nc(N/N=C/c1ccc(Cl)cc1Cl)n2[C@@H]1O[C@H](CO)[C@@H](O)[C@H]1O. The lowest BCUT2D eigenvalue weighted by Crippen LogP contribution is -2.33. The van der Waals surface area contributed by atoms with E-state index < -0.39 is 31.1 Å². The monoisotopic (exact) mass is 453 g/mol. The molecule has 0 aliphatic carbocycles. The fraction of sp³-hybridized carbons (Fsp3) is 0.294. The number of benzene rings is 1. The van der Waals surface area contributed by atoms with E-state index in [-0.39, 0.29) is 22.9 Å². The molecule has 0 radical (unpaired) electrons. The van der Waals surface area contributed by atoms with E-state index in [9.17, 15) is 15.3 Å². The number of imidazole rings is 1. The summed E-state index contributed by atoms with van der Waals surface area (Å²) in [5.41, 5.74) is 9.72. The molecule has 0 amide bonds. The lowest BCUT2D eigenvalue weighted by atomic mass is 10.1. The van der Waals surface area contributed by atoms with Gasteiger partial charge in [0.2, 0.25) is 5.95 Å². The van der Waals surface area contributed by atoms with Gasteiger partial charge in [0.25, 0.3) is 0 Å². The Morgan fingerprint density at radius 2 is 2.07 bits per heavy atom. The molecule has 4 atom stereocenters. The second kappa shape index (κ2) is 8.30. The Kier molecular flexibility index (Phi) is 5.73. The predicted octanol–water partition coefficient (Wildman–Crippen LogP) is 0.773. The smallest absolute Gasteiger partial charge is 0.228 e. The zero-order valence-electron chi connectivity index (χ0n) is 15.2. The fourth-order valence-corrected chi connectivity index (χ4v) is 3.56. The number of hydrazone groups is 1. The first-order chi connectivity index (χ1) is 14.4. The van der Waals surface area contributed by atoms with Crippen LogP contribution in [0.5, 0.6) is 0 Å². The quantitative estimate of drug-likeness (QED) is 0.277. The Hall–Kier alpha value is -2.54.